The van der Waals surface area contributed by atoms with Crippen molar-refractivity contribution in [1.29, 1.82) is 0 Å². The van der Waals surface area contributed by atoms with Gasteiger partial charge in [-0.1, -0.05) is 52.2 Å². The van der Waals surface area contributed by atoms with E-state index in [0.29, 0.717) is 18.1 Å². The van der Waals surface area contributed by atoms with Gasteiger partial charge in [-0.2, -0.15) is 0 Å². The third-order valence-electron chi connectivity index (χ3n) is 4.13. The Kier molecular flexibility index (Phi) is 8.57. The highest BCUT2D eigenvalue weighted by molar-refractivity contribution is 5.81. The maximum absolute atomic E-state index is 11.5. The highest BCUT2D eigenvalue weighted by Crippen LogP contribution is 2.30. The van der Waals surface area contributed by atoms with Gasteiger partial charge in [0.15, 0.2) is 6.29 Å². The molecular formula is C20H30O2. The van der Waals surface area contributed by atoms with Gasteiger partial charge >= 0.3 is 0 Å². The van der Waals surface area contributed by atoms with Gasteiger partial charge in [-0.3, -0.25) is 4.79 Å². The van der Waals surface area contributed by atoms with Crippen LogP contribution in [0.25, 0.3) is 0 Å². The van der Waals surface area contributed by atoms with Crippen molar-refractivity contribution < 1.29 is 9.53 Å². The minimum atomic E-state index is 0.445. The number of carbonyl (C=O) groups is 1. The molecule has 0 aliphatic heterocycles. The van der Waals surface area contributed by atoms with E-state index in [1.54, 1.807) is 0 Å². The summed E-state index contributed by atoms with van der Waals surface area (Å²) in [4.78, 5) is 11.5. The van der Waals surface area contributed by atoms with Crippen molar-refractivity contribution in [1.82, 2.24) is 0 Å². The number of hydrogen-bond donors (Lipinski definition) is 0. The average Bonchev–Trinajstić information content (AvgIpc) is 2.54. The molecule has 0 saturated carbocycles. The number of carbonyl (C=O) groups excluding carboxylic acids is 1. The Balaban J connectivity index is 2.96. The highest BCUT2D eigenvalue weighted by Gasteiger charge is 2.14. The van der Waals surface area contributed by atoms with Gasteiger partial charge in [0, 0.05) is 0 Å². The van der Waals surface area contributed by atoms with Crippen LogP contribution in [0.4, 0.5) is 0 Å². The van der Waals surface area contributed by atoms with Crippen LogP contribution in [-0.4, -0.2) is 12.9 Å². The minimum Gasteiger partial charge on any atom is -0.493 e. The zero-order valence-electron chi connectivity index (χ0n) is 14.4. The molecule has 22 heavy (non-hydrogen) atoms. The fraction of sp³-hybridized carbons (Fsp3) is 0.550. The Labute approximate surface area is 135 Å². The first kappa shape index (κ1) is 18.5. The third-order valence-corrected chi connectivity index (χ3v) is 4.13. The Morgan fingerprint density at radius 3 is 2.59 bits per heavy atom. The molecule has 0 bridgehead atoms. The van der Waals surface area contributed by atoms with E-state index in [0.717, 1.165) is 36.9 Å². The standard InChI is InChI=1S/C20H30O2/c1-5-8-9-10-12-22-20-17(11-6-2)13-18(16(4)7-3)14-19(20)15-21/h6,13-16H,2,5,7-12H2,1,3-4H3. The molecule has 0 radical (unpaired) electrons. The topological polar surface area (TPSA) is 26.3 Å². The van der Waals surface area contributed by atoms with E-state index in [2.05, 4.69) is 33.4 Å². The maximum atomic E-state index is 11.5. The first-order valence-electron chi connectivity index (χ1n) is 8.53. The Morgan fingerprint density at radius 1 is 1.23 bits per heavy atom. The first-order chi connectivity index (χ1) is 10.7. The smallest absolute Gasteiger partial charge is 0.153 e. The van der Waals surface area contributed by atoms with Crippen LogP contribution in [0, 0.1) is 0 Å². The second kappa shape index (κ2) is 10.2. The van der Waals surface area contributed by atoms with Crippen LogP contribution in [0.2, 0.25) is 0 Å². The van der Waals surface area contributed by atoms with E-state index in [1.807, 2.05) is 12.1 Å². The van der Waals surface area contributed by atoms with Crippen molar-refractivity contribution in [3.63, 3.8) is 0 Å². The quantitative estimate of drug-likeness (QED) is 0.298. The molecule has 0 aliphatic rings. The van der Waals surface area contributed by atoms with E-state index in [4.69, 9.17) is 4.74 Å². The number of aldehydes is 1. The van der Waals surface area contributed by atoms with Crippen LogP contribution < -0.4 is 4.74 Å². The molecule has 0 saturated heterocycles. The zero-order chi connectivity index (χ0) is 16.4. The molecule has 1 unspecified atom stereocenters. The predicted molar refractivity (Wildman–Crippen MR) is 94.1 cm³/mol. The summed E-state index contributed by atoms with van der Waals surface area (Å²) in [7, 11) is 0. The number of hydrogen-bond acceptors (Lipinski definition) is 2. The van der Waals surface area contributed by atoms with Crippen LogP contribution in [0.15, 0.2) is 24.8 Å². The lowest BCUT2D eigenvalue weighted by Crippen LogP contribution is -2.05. The summed E-state index contributed by atoms with van der Waals surface area (Å²) in [5, 5.41) is 0. The molecule has 0 amide bonds. The SMILES string of the molecule is C=CCc1cc(C(C)CC)cc(C=O)c1OCCCCCC. The Hall–Kier alpha value is -1.57. The second-order valence-electron chi connectivity index (χ2n) is 5.93. The molecule has 0 N–H and O–H groups in total. The van der Waals surface area contributed by atoms with Crippen LogP contribution in [0.3, 0.4) is 0 Å². The first-order valence-corrected chi connectivity index (χ1v) is 8.53. The van der Waals surface area contributed by atoms with E-state index in [-0.39, 0.29) is 0 Å². The number of ether oxygens (including phenoxy) is 1. The van der Waals surface area contributed by atoms with Gasteiger partial charge in [-0.05, 0) is 42.4 Å². The normalized spacial score (nSPS) is 12.0. The fourth-order valence-corrected chi connectivity index (χ4v) is 2.53. The summed E-state index contributed by atoms with van der Waals surface area (Å²) < 4.78 is 5.95. The molecule has 1 aromatic rings. The lowest BCUT2D eigenvalue weighted by Gasteiger charge is -2.17. The fourth-order valence-electron chi connectivity index (χ4n) is 2.53. The Bertz CT molecular complexity index is 477. The van der Waals surface area contributed by atoms with Gasteiger partial charge in [0.1, 0.15) is 5.75 Å². The molecule has 122 valence electrons. The molecule has 0 spiro atoms. The van der Waals surface area contributed by atoms with Crippen LogP contribution in [0.1, 0.15) is 80.3 Å². The predicted octanol–water partition coefficient (Wildman–Crippen LogP) is 5.70. The third kappa shape index (κ3) is 5.32. The largest absolute Gasteiger partial charge is 0.493 e. The van der Waals surface area contributed by atoms with Gasteiger partial charge in [0.05, 0.1) is 12.2 Å². The summed E-state index contributed by atoms with van der Waals surface area (Å²) in [5.41, 5.74) is 2.95. The summed E-state index contributed by atoms with van der Waals surface area (Å²) in [5.74, 6) is 1.19. The van der Waals surface area contributed by atoms with Gasteiger partial charge in [0.25, 0.3) is 0 Å². The molecule has 0 fully saturated rings. The molecule has 1 aromatic carbocycles. The van der Waals surface area contributed by atoms with Crippen molar-refractivity contribution in [2.75, 3.05) is 6.61 Å². The molecule has 2 nitrogen and oxygen atoms in total. The monoisotopic (exact) mass is 302 g/mol. The summed E-state index contributed by atoms with van der Waals surface area (Å²) in [6, 6.07) is 4.15. The lowest BCUT2D eigenvalue weighted by molar-refractivity contribution is 0.111. The molecule has 0 aromatic heterocycles. The molecule has 0 heterocycles. The van der Waals surface area contributed by atoms with Gasteiger partial charge in [0.2, 0.25) is 0 Å². The minimum absolute atomic E-state index is 0.445. The van der Waals surface area contributed by atoms with Crippen LogP contribution in [0.5, 0.6) is 5.75 Å². The van der Waals surface area contributed by atoms with E-state index in [9.17, 15) is 4.79 Å². The maximum Gasteiger partial charge on any atom is 0.153 e. The van der Waals surface area contributed by atoms with E-state index < -0.39 is 0 Å². The zero-order valence-corrected chi connectivity index (χ0v) is 14.4. The lowest BCUT2D eigenvalue weighted by atomic mass is 9.93. The summed E-state index contributed by atoms with van der Waals surface area (Å²) in [6.07, 6.45) is 9.23. The molecular weight excluding hydrogens is 272 g/mol. The molecule has 0 aliphatic carbocycles. The van der Waals surface area contributed by atoms with Crippen molar-refractivity contribution >= 4 is 6.29 Å². The number of rotatable bonds is 11. The molecule has 1 atom stereocenters. The van der Waals surface area contributed by atoms with Crippen LogP contribution >= 0.6 is 0 Å². The average molecular weight is 302 g/mol. The summed E-state index contributed by atoms with van der Waals surface area (Å²) in [6.45, 7) is 11.0. The Morgan fingerprint density at radius 2 is 2.00 bits per heavy atom. The van der Waals surface area contributed by atoms with Crippen molar-refractivity contribution in [2.24, 2.45) is 0 Å². The van der Waals surface area contributed by atoms with Crippen LogP contribution in [-0.2, 0) is 6.42 Å². The van der Waals surface area contributed by atoms with Crippen molar-refractivity contribution in [2.45, 2.75) is 65.2 Å². The summed E-state index contributed by atoms with van der Waals surface area (Å²) >= 11 is 0. The van der Waals surface area contributed by atoms with Gasteiger partial charge in [-0.25, -0.2) is 0 Å². The number of allylic oxidation sites excluding steroid dienone is 1. The highest BCUT2D eigenvalue weighted by atomic mass is 16.5. The van der Waals surface area contributed by atoms with Crippen molar-refractivity contribution in [3.8, 4) is 5.75 Å². The molecule has 2 heteroatoms. The number of benzene rings is 1. The van der Waals surface area contributed by atoms with E-state index in [1.165, 1.54) is 24.8 Å². The van der Waals surface area contributed by atoms with Gasteiger partial charge in [-0.15, -0.1) is 6.58 Å². The van der Waals surface area contributed by atoms with Crippen molar-refractivity contribution in [3.05, 3.63) is 41.5 Å². The number of unbranched alkanes of at least 4 members (excludes halogenated alkanes) is 3. The second-order valence-corrected chi connectivity index (χ2v) is 5.93. The van der Waals surface area contributed by atoms with E-state index >= 15 is 0 Å². The molecule has 1 rings (SSSR count). The van der Waals surface area contributed by atoms with Gasteiger partial charge < -0.3 is 4.74 Å².